The van der Waals surface area contributed by atoms with Gasteiger partial charge >= 0.3 is 0 Å². The van der Waals surface area contributed by atoms with E-state index in [2.05, 4.69) is 5.10 Å². The Labute approximate surface area is 143 Å². The molecule has 0 aliphatic carbocycles. The van der Waals surface area contributed by atoms with Crippen LogP contribution in [0.15, 0.2) is 48.9 Å². The van der Waals surface area contributed by atoms with E-state index < -0.39 is 11.6 Å². The minimum absolute atomic E-state index is 0.121. The fourth-order valence-electron chi connectivity index (χ4n) is 3.16. The van der Waals surface area contributed by atoms with E-state index in [1.807, 2.05) is 12.1 Å². The topological polar surface area (TPSA) is 43.1 Å². The first-order valence-corrected chi connectivity index (χ1v) is 8.10. The van der Waals surface area contributed by atoms with Crippen molar-refractivity contribution in [2.75, 3.05) is 13.1 Å². The van der Waals surface area contributed by atoms with Gasteiger partial charge in [0.15, 0.2) is 5.82 Å². The van der Waals surface area contributed by atoms with Crippen LogP contribution in [0.1, 0.15) is 23.2 Å². The molecule has 0 atom stereocenters. The summed E-state index contributed by atoms with van der Waals surface area (Å²) in [5, 5.41) is 4.23. The average Bonchev–Trinajstić information content (AvgIpc) is 3.32. The summed E-state index contributed by atoms with van der Waals surface area (Å²) in [6.45, 7) is 1.42. The second-order valence-electron chi connectivity index (χ2n) is 6.01. The Kier molecular flexibility index (Phi) is 3.83. The summed E-state index contributed by atoms with van der Waals surface area (Å²) >= 11 is 0. The third-order valence-corrected chi connectivity index (χ3v) is 4.31. The standard InChI is InChI=1S/C18H16F2N4O/c19-13-9-14(20)11-15(10-13)24-17(22-5-1-2-6-22)16(12-21-24)18(25)23-7-3-4-8-23/h1-2,5-6,9-12H,3-4,7-8H2. The molecular weight excluding hydrogens is 326 g/mol. The second-order valence-corrected chi connectivity index (χ2v) is 6.01. The zero-order valence-corrected chi connectivity index (χ0v) is 13.4. The zero-order valence-electron chi connectivity index (χ0n) is 13.4. The van der Waals surface area contributed by atoms with Gasteiger partial charge in [-0.05, 0) is 37.1 Å². The average molecular weight is 342 g/mol. The molecule has 5 nitrogen and oxygen atoms in total. The van der Waals surface area contributed by atoms with Gasteiger partial charge in [0.05, 0.1) is 11.9 Å². The lowest BCUT2D eigenvalue weighted by atomic mass is 10.2. The molecule has 0 unspecified atom stereocenters. The van der Waals surface area contributed by atoms with Crippen LogP contribution >= 0.6 is 0 Å². The monoisotopic (exact) mass is 342 g/mol. The van der Waals surface area contributed by atoms with Crippen molar-refractivity contribution in [1.82, 2.24) is 19.2 Å². The van der Waals surface area contributed by atoms with Crippen molar-refractivity contribution in [3.05, 3.63) is 66.1 Å². The maximum atomic E-state index is 13.6. The molecule has 0 saturated carbocycles. The number of aromatic nitrogens is 3. The van der Waals surface area contributed by atoms with Gasteiger partial charge in [-0.1, -0.05) is 0 Å². The third kappa shape index (κ3) is 2.82. The summed E-state index contributed by atoms with van der Waals surface area (Å²) in [6, 6.07) is 6.81. The van der Waals surface area contributed by atoms with Gasteiger partial charge in [-0.25, -0.2) is 13.5 Å². The number of benzene rings is 1. The molecular formula is C18H16F2N4O. The van der Waals surface area contributed by atoms with Crippen LogP contribution in [0.25, 0.3) is 11.5 Å². The fourth-order valence-corrected chi connectivity index (χ4v) is 3.16. The van der Waals surface area contributed by atoms with Gasteiger partial charge in [-0.3, -0.25) is 4.79 Å². The lowest BCUT2D eigenvalue weighted by Crippen LogP contribution is -2.28. The molecule has 1 amide bonds. The molecule has 25 heavy (non-hydrogen) atoms. The van der Waals surface area contributed by atoms with Gasteiger partial charge in [0.2, 0.25) is 0 Å². The molecule has 1 aromatic carbocycles. The minimum atomic E-state index is -0.698. The summed E-state index contributed by atoms with van der Waals surface area (Å²) in [4.78, 5) is 14.6. The third-order valence-electron chi connectivity index (χ3n) is 4.31. The molecule has 0 N–H and O–H groups in total. The Morgan fingerprint density at radius 2 is 1.64 bits per heavy atom. The van der Waals surface area contributed by atoms with Crippen LogP contribution in [-0.4, -0.2) is 38.2 Å². The molecule has 1 saturated heterocycles. The van der Waals surface area contributed by atoms with Gasteiger partial charge in [0.25, 0.3) is 5.91 Å². The first kappa shape index (κ1) is 15.6. The predicted octanol–water partition coefficient (Wildman–Crippen LogP) is 3.18. The first-order valence-electron chi connectivity index (χ1n) is 8.10. The molecule has 3 aromatic rings. The Bertz CT molecular complexity index is 891. The maximum Gasteiger partial charge on any atom is 0.259 e. The van der Waals surface area contributed by atoms with Crippen molar-refractivity contribution in [1.29, 1.82) is 0 Å². The summed E-state index contributed by atoms with van der Waals surface area (Å²) < 4.78 is 30.4. The number of carbonyl (C=O) groups is 1. The molecule has 0 radical (unpaired) electrons. The number of hydrogen-bond donors (Lipinski definition) is 0. The molecule has 1 aliphatic heterocycles. The highest BCUT2D eigenvalue weighted by Crippen LogP contribution is 2.23. The van der Waals surface area contributed by atoms with Crippen LogP contribution in [0.3, 0.4) is 0 Å². The van der Waals surface area contributed by atoms with E-state index in [9.17, 15) is 13.6 Å². The van der Waals surface area contributed by atoms with Gasteiger partial charge in [-0.2, -0.15) is 5.10 Å². The summed E-state index contributed by atoms with van der Waals surface area (Å²) in [7, 11) is 0. The molecule has 4 rings (SSSR count). The van der Waals surface area contributed by atoms with Crippen LogP contribution < -0.4 is 0 Å². The molecule has 7 heteroatoms. The van der Waals surface area contributed by atoms with Crippen molar-refractivity contribution in [3.8, 4) is 11.5 Å². The van der Waals surface area contributed by atoms with Crippen molar-refractivity contribution in [2.45, 2.75) is 12.8 Å². The quantitative estimate of drug-likeness (QED) is 0.734. The zero-order chi connectivity index (χ0) is 17.4. The van der Waals surface area contributed by atoms with Gasteiger partial charge in [0, 0.05) is 31.5 Å². The molecule has 1 aliphatic rings. The Balaban J connectivity index is 1.86. The van der Waals surface area contributed by atoms with Crippen molar-refractivity contribution < 1.29 is 13.6 Å². The lowest BCUT2D eigenvalue weighted by Gasteiger charge is -2.16. The molecule has 3 heterocycles. The SMILES string of the molecule is O=C(c1cnn(-c2cc(F)cc(F)c2)c1-n1cccc1)N1CCCC1. The van der Waals surface area contributed by atoms with E-state index in [1.165, 1.54) is 23.0 Å². The number of amides is 1. The van der Waals surface area contributed by atoms with Crippen molar-refractivity contribution in [2.24, 2.45) is 0 Å². The number of nitrogens with zero attached hydrogens (tertiary/aromatic N) is 4. The number of likely N-dealkylation sites (tertiary alicyclic amines) is 1. The van der Waals surface area contributed by atoms with E-state index in [0.29, 0.717) is 24.5 Å². The number of rotatable bonds is 3. The van der Waals surface area contributed by atoms with Crippen LogP contribution in [0.5, 0.6) is 0 Å². The Morgan fingerprint density at radius 1 is 1.00 bits per heavy atom. The van der Waals surface area contributed by atoms with Crippen LogP contribution in [0.4, 0.5) is 8.78 Å². The Hall–Kier alpha value is -2.96. The van der Waals surface area contributed by atoms with E-state index in [0.717, 1.165) is 18.9 Å². The van der Waals surface area contributed by atoms with E-state index in [4.69, 9.17) is 0 Å². The smallest absolute Gasteiger partial charge is 0.259 e. The normalized spacial score (nSPS) is 14.2. The van der Waals surface area contributed by atoms with Crippen LogP contribution in [0, 0.1) is 11.6 Å². The molecule has 0 bridgehead atoms. The Morgan fingerprint density at radius 3 is 2.28 bits per heavy atom. The minimum Gasteiger partial charge on any atom is -0.338 e. The molecule has 1 fully saturated rings. The van der Waals surface area contributed by atoms with E-state index in [-0.39, 0.29) is 11.6 Å². The highest BCUT2D eigenvalue weighted by Gasteiger charge is 2.26. The van der Waals surface area contributed by atoms with Gasteiger partial charge < -0.3 is 9.47 Å². The van der Waals surface area contributed by atoms with Crippen molar-refractivity contribution >= 4 is 5.91 Å². The summed E-state index contributed by atoms with van der Waals surface area (Å²) in [6.07, 6.45) is 6.95. The van der Waals surface area contributed by atoms with Gasteiger partial charge in [-0.15, -0.1) is 0 Å². The van der Waals surface area contributed by atoms with Crippen LogP contribution in [-0.2, 0) is 0 Å². The first-order chi connectivity index (χ1) is 12.1. The lowest BCUT2D eigenvalue weighted by molar-refractivity contribution is 0.0793. The van der Waals surface area contributed by atoms with E-state index >= 15 is 0 Å². The highest BCUT2D eigenvalue weighted by molar-refractivity contribution is 5.97. The van der Waals surface area contributed by atoms with Crippen LogP contribution in [0.2, 0.25) is 0 Å². The largest absolute Gasteiger partial charge is 0.338 e. The molecule has 128 valence electrons. The highest BCUT2D eigenvalue weighted by atomic mass is 19.1. The summed E-state index contributed by atoms with van der Waals surface area (Å²) in [5.41, 5.74) is 0.629. The molecule has 0 spiro atoms. The van der Waals surface area contributed by atoms with Gasteiger partial charge in [0.1, 0.15) is 17.2 Å². The number of carbonyl (C=O) groups excluding carboxylic acids is 1. The fraction of sp³-hybridized carbons (Fsp3) is 0.222. The second kappa shape index (κ2) is 6.16. The van der Waals surface area contributed by atoms with E-state index in [1.54, 1.807) is 21.9 Å². The number of hydrogen-bond acceptors (Lipinski definition) is 2. The summed E-state index contributed by atoms with van der Waals surface area (Å²) in [5.74, 6) is -1.05. The number of halogens is 2. The molecule has 2 aromatic heterocycles. The predicted molar refractivity (Wildman–Crippen MR) is 87.9 cm³/mol. The maximum absolute atomic E-state index is 13.6. The van der Waals surface area contributed by atoms with Crippen molar-refractivity contribution in [3.63, 3.8) is 0 Å².